The third kappa shape index (κ3) is 1.89. The number of pyridine rings is 1. The molecular weight excluding hydrogens is 202 g/mol. The summed E-state index contributed by atoms with van der Waals surface area (Å²) >= 11 is 0. The summed E-state index contributed by atoms with van der Waals surface area (Å²) < 4.78 is 0. The summed E-state index contributed by atoms with van der Waals surface area (Å²) in [4.78, 5) is 17.4. The van der Waals surface area contributed by atoms with Gasteiger partial charge in [-0.05, 0) is 24.6 Å². The quantitative estimate of drug-likeness (QED) is 0.748. The van der Waals surface area contributed by atoms with E-state index in [9.17, 15) is 4.79 Å². The standard InChI is InChI=1S/C12H13N3O/c1-9-11(7-13)6-12(16)15(9)8-10-2-4-14-5-3-10/h2-5,9,11H,6,8H2,1H3. The van der Waals surface area contributed by atoms with E-state index in [2.05, 4.69) is 11.1 Å². The minimum atomic E-state index is -0.172. The first-order valence-corrected chi connectivity index (χ1v) is 5.30. The molecule has 1 aliphatic heterocycles. The van der Waals surface area contributed by atoms with Crippen molar-refractivity contribution in [3.8, 4) is 6.07 Å². The lowest BCUT2D eigenvalue weighted by Gasteiger charge is -2.22. The van der Waals surface area contributed by atoms with E-state index < -0.39 is 0 Å². The van der Waals surface area contributed by atoms with Crippen LogP contribution in [0.3, 0.4) is 0 Å². The van der Waals surface area contributed by atoms with Crippen LogP contribution in [0.25, 0.3) is 0 Å². The number of carbonyl (C=O) groups is 1. The van der Waals surface area contributed by atoms with Crippen LogP contribution in [0.15, 0.2) is 24.5 Å². The molecule has 1 fully saturated rings. The zero-order valence-corrected chi connectivity index (χ0v) is 9.13. The zero-order valence-electron chi connectivity index (χ0n) is 9.13. The molecule has 0 spiro atoms. The van der Waals surface area contributed by atoms with Crippen LogP contribution in [-0.4, -0.2) is 21.8 Å². The fourth-order valence-corrected chi connectivity index (χ4v) is 1.99. The second-order valence-electron chi connectivity index (χ2n) is 4.06. The summed E-state index contributed by atoms with van der Waals surface area (Å²) in [5.41, 5.74) is 1.05. The van der Waals surface area contributed by atoms with Crippen LogP contribution in [-0.2, 0) is 11.3 Å². The molecule has 4 heteroatoms. The van der Waals surface area contributed by atoms with Gasteiger partial charge in [0, 0.05) is 31.4 Å². The Morgan fingerprint density at radius 1 is 1.56 bits per heavy atom. The van der Waals surface area contributed by atoms with Gasteiger partial charge in [0.15, 0.2) is 0 Å². The molecule has 1 aromatic heterocycles. The van der Waals surface area contributed by atoms with Crippen molar-refractivity contribution in [2.24, 2.45) is 5.92 Å². The van der Waals surface area contributed by atoms with E-state index in [0.717, 1.165) is 5.56 Å². The highest BCUT2D eigenvalue weighted by atomic mass is 16.2. The maximum absolute atomic E-state index is 11.7. The van der Waals surface area contributed by atoms with Crippen molar-refractivity contribution in [3.63, 3.8) is 0 Å². The Hall–Kier alpha value is -1.89. The third-order valence-electron chi connectivity index (χ3n) is 3.06. The summed E-state index contributed by atoms with van der Waals surface area (Å²) in [5, 5.41) is 8.90. The van der Waals surface area contributed by atoms with E-state index in [4.69, 9.17) is 5.26 Å². The molecule has 1 aromatic rings. The molecular formula is C12H13N3O. The van der Waals surface area contributed by atoms with E-state index in [1.54, 1.807) is 17.3 Å². The van der Waals surface area contributed by atoms with E-state index in [1.165, 1.54) is 0 Å². The van der Waals surface area contributed by atoms with Gasteiger partial charge in [-0.1, -0.05) is 0 Å². The maximum Gasteiger partial charge on any atom is 0.224 e. The highest BCUT2D eigenvalue weighted by Gasteiger charge is 2.36. The molecule has 1 aliphatic rings. The van der Waals surface area contributed by atoms with Crippen LogP contribution in [0.1, 0.15) is 18.9 Å². The Balaban J connectivity index is 2.12. The minimum Gasteiger partial charge on any atom is -0.334 e. The molecule has 0 radical (unpaired) electrons. The lowest BCUT2D eigenvalue weighted by Crippen LogP contribution is -2.32. The molecule has 0 aliphatic carbocycles. The fraction of sp³-hybridized carbons (Fsp3) is 0.417. The molecule has 2 unspecified atom stereocenters. The number of nitrogens with zero attached hydrogens (tertiary/aromatic N) is 3. The van der Waals surface area contributed by atoms with Gasteiger partial charge in [0.2, 0.25) is 5.91 Å². The molecule has 0 aromatic carbocycles. The molecule has 0 N–H and O–H groups in total. The number of amides is 1. The van der Waals surface area contributed by atoms with E-state index in [-0.39, 0.29) is 17.9 Å². The zero-order chi connectivity index (χ0) is 11.5. The largest absolute Gasteiger partial charge is 0.334 e. The van der Waals surface area contributed by atoms with Gasteiger partial charge < -0.3 is 4.90 Å². The lowest BCUT2D eigenvalue weighted by atomic mass is 10.0. The fourth-order valence-electron chi connectivity index (χ4n) is 1.99. The molecule has 0 saturated carbocycles. The predicted octanol–water partition coefficient (Wildman–Crippen LogP) is 1.34. The number of hydrogen-bond donors (Lipinski definition) is 0. The molecule has 4 nitrogen and oxygen atoms in total. The molecule has 2 rings (SSSR count). The number of nitriles is 1. The smallest absolute Gasteiger partial charge is 0.224 e. The third-order valence-corrected chi connectivity index (χ3v) is 3.06. The maximum atomic E-state index is 11.7. The normalized spacial score (nSPS) is 24.5. The molecule has 16 heavy (non-hydrogen) atoms. The van der Waals surface area contributed by atoms with Gasteiger partial charge in [0.25, 0.3) is 0 Å². The van der Waals surface area contributed by atoms with Gasteiger partial charge >= 0.3 is 0 Å². The van der Waals surface area contributed by atoms with Crippen LogP contribution >= 0.6 is 0 Å². The van der Waals surface area contributed by atoms with E-state index in [0.29, 0.717) is 13.0 Å². The van der Waals surface area contributed by atoms with Crippen LogP contribution in [0.2, 0.25) is 0 Å². The van der Waals surface area contributed by atoms with Crippen LogP contribution < -0.4 is 0 Å². The predicted molar refractivity (Wildman–Crippen MR) is 58.0 cm³/mol. The van der Waals surface area contributed by atoms with Gasteiger partial charge in [0.05, 0.1) is 12.0 Å². The van der Waals surface area contributed by atoms with Gasteiger partial charge in [-0.3, -0.25) is 9.78 Å². The second kappa shape index (κ2) is 4.31. The summed E-state index contributed by atoms with van der Waals surface area (Å²) in [5.74, 6) is -0.106. The first-order valence-electron chi connectivity index (χ1n) is 5.30. The number of aromatic nitrogens is 1. The molecule has 2 atom stereocenters. The summed E-state index contributed by atoms with van der Waals surface area (Å²) in [6, 6.07) is 5.97. The highest BCUT2D eigenvalue weighted by Crippen LogP contribution is 2.26. The van der Waals surface area contributed by atoms with Crippen molar-refractivity contribution in [1.82, 2.24) is 9.88 Å². The summed E-state index contributed by atoms with van der Waals surface area (Å²) in [6.07, 6.45) is 3.77. The molecule has 82 valence electrons. The van der Waals surface area contributed by atoms with Crippen LogP contribution in [0.5, 0.6) is 0 Å². The number of hydrogen-bond acceptors (Lipinski definition) is 3. The van der Waals surface area contributed by atoms with Gasteiger partial charge in [-0.2, -0.15) is 5.26 Å². The van der Waals surface area contributed by atoms with Crippen molar-refractivity contribution in [2.75, 3.05) is 0 Å². The monoisotopic (exact) mass is 215 g/mol. The van der Waals surface area contributed by atoms with E-state index >= 15 is 0 Å². The molecule has 1 saturated heterocycles. The minimum absolute atomic E-state index is 0.00525. The van der Waals surface area contributed by atoms with Crippen molar-refractivity contribution in [1.29, 1.82) is 5.26 Å². The Kier molecular flexibility index (Phi) is 2.86. The summed E-state index contributed by atoms with van der Waals surface area (Å²) in [6.45, 7) is 2.50. The Morgan fingerprint density at radius 3 is 2.81 bits per heavy atom. The van der Waals surface area contributed by atoms with E-state index in [1.807, 2.05) is 19.1 Å². The topological polar surface area (TPSA) is 57.0 Å². The summed E-state index contributed by atoms with van der Waals surface area (Å²) in [7, 11) is 0. The second-order valence-corrected chi connectivity index (χ2v) is 4.06. The van der Waals surface area contributed by atoms with Crippen molar-refractivity contribution in [3.05, 3.63) is 30.1 Å². The lowest BCUT2D eigenvalue weighted by molar-refractivity contribution is -0.129. The molecule has 1 amide bonds. The first kappa shape index (κ1) is 10.6. The Morgan fingerprint density at radius 2 is 2.25 bits per heavy atom. The molecule has 2 heterocycles. The average Bonchev–Trinajstić information content (AvgIpc) is 2.58. The first-order chi connectivity index (χ1) is 7.72. The number of rotatable bonds is 2. The van der Waals surface area contributed by atoms with Gasteiger partial charge in [-0.25, -0.2) is 0 Å². The SMILES string of the molecule is CC1C(C#N)CC(=O)N1Cc1ccncc1. The van der Waals surface area contributed by atoms with Crippen molar-refractivity contribution < 1.29 is 4.79 Å². The Labute approximate surface area is 94.5 Å². The molecule has 0 bridgehead atoms. The van der Waals surface area contributed by atoms with Crippen LogP contribution in [0.4, 0.5) is 0 Å². The van der Waals surface area contributed by atoms with Gasteiger partial charge in [0.1, 0.15) is 0 Å². The highest BCUT2D eigenvalue weighted by molar-refractivity contribution is 5.79. The van der Waals surface area contributed by atoms with Crippen molar-refractivity contribution >= 4 is 5.91 Å². The number of likely N-dealkylation sites (tertiary alicyclic amines) is 1. The van der Waals surface area contributed by atoms with Crippen molar-refractivity contribution in [2.45, 2.75) is 25.9 Å². The number of carbonyl (C=O) groups excluding carboxylic acids is 1. The average molecular weight is 215 g/mol. The van der Waals surface area contributed by atoms with Gasteiger partial charge in [-0.15, -0.1) is 0 Å². The Bertz CT molecular complexity index is 424. The van der Waals surface area contributed by atoms with Crippen LogP contribution in [0, 0.1) is 17.2 Å².